The third-order valence-electron chi connectivity index (χ3n) is 3.92. The zero-order chi connectivity index (χ0) is 16.4. The SMILES string of the molecule is CCOC(C)c1nccn1Cc1nc2ccccc2c(=O)n1C. The predicted octanol–water partition coefficient (Wildman–Crippen LogP) is 2.28. The van der Waals surface area contributed by atoms with E-state index >= 15 is 0 Å². The molecule has 2 heterocycles. The number of aromatic nitrogens is 4. The molecule has 3 aromatic rings. The van der Waals surface area contributed by atoms with Crippen LogP contribution in [0.3, 0.4) is 0 Å². The molecule has 0 aliphatic heterocycles. The second-order valence-electron chi connectivity index (χ2n) is 5.42. The van der Waals surface area contributed by atoms with Crippen LogP contribution in [-0.4, -0.2) is 25.7 Å². The van der Waals surface area contributed by atoms with Gasteiger partial charge in [-0.05, 0) is 26.0 Å². The first-order valence-electron chi connectivity index (χ1n) is 7.69. The van der Waals surface area contributed by atoms with Gasteiger partial charge >= 0.3 is 0 Å². The van der Waals surface area contributed by atoms with E-state index in [0.717, 1.165) is 5.82 Å². The van der Waals surface area contributed by atoms with E-state index in [1.165, 1.54) is 0 Å². The molecule has 6 heteroatoms. The third kappa shape index (κ3) is 2.90. The second kappa shape index (κ2) is 6.34. The molecule has 0 bridgehead atoms. The van der Waals surface area contributed by atoms with Gasteiger partial charge < -0.3 is 9.30 Å². The average molecular weight is 312 g/mol. The molecule has 0 spiro atoms. The minimum Gasteiger partial charge on any atom is -0.371 e. The Morgan fingerprint density at radius 2 is 2.09 bits per heavy atom. The summed E-state index contributed by atoms with van der Waals surface area (Å²) in [4.78, 5) is 21.5. The number of imidazole rings is 1. The standard InChI is InChI=1S/C17H20N4O2/c1-4-23-12(2)16-18-9-10-21(16)11-15-19-14-8-6-5-7-13(14)17(22)20(15)3/h5-10,12H,4,11H2,1-3H3. The maximum absolute atomic E-state index is 12.5. The molecule has 0 radical (unpaired) electrons. The third-order valence-corrected chi connectivity index (χ3v) is 3.92. The van der Waals surface area contributed by atoms with E-state index in [4.69, 9.17) is 4.74 Å². The van der Waals surface area contributed by atoms with Gasteiger partial charge in [-0.15, -0.1) is 0 Å². The minimum absolute atomic E-state index is 0.0369. The highest BCUT2D eigenvalue weighted by atomic mass is 16.5. The summed E-state index contributed by atoms with van der Waals surface area (Å²) in [6, 6.07) is 7.40. The van der Waals surface area contributed by atoms with Gasteiger partial charge in [0, 0.05) is 26.0 Å². The second-order valence-corrected chi connectivity index (χ2v) is 5.42. The Morgan fingerprint density at radius 3 is 2.87 bits per heavy atom. The van der Waals surface area contributed by atoms with Crippen LogP contribution in [0.15, 0.2) is 41.5 Å². The lowest BCUT2D eigenvalue weighted by Gasteiger charge is -2.15. The quantitative estimate of drug-likeness (QED) is 0.725. The van der Waals surface area contributed by atoms with Crippen molar-refractivity contribution in [2.75, 3.05) is 6.61 Å². The molecule has 0 N–H and O–H groups in total. The summed E-state index contributed by atoms with van der Waals surface area (Å²) in [7, 11) is 1.75. The fourth-order valence-corrected chi connectivity index (χ4v) is 2.70. The van der Waals surface area contributed by atoms with Gasteiger partial charge in [0.15, 0.2) is 0 Å². The number of ether oxygens (including phenoxy) is 1. The van der Waals surface area contributed by atoms with Crippen molar-refractivity contribution >= 4 is 10.9 Å². The number of nitrogens with zero attached hydrogens (tertiary/aromatic N) is 4. The predicted molar refractivity (Wildman–Crippen MR) is 88.4 cm³/mol. The number of benzene rings is 1. The fraction of sp³-hybridized carbons (Fsp3) is 0.353. The van der Waals surface area contributed by atoms with Gasteiger partial charge in [0.1, 0.15) is 17.8 Å². The van der Waals surface area contributed by atoms with Crippen LogP contribution in [0.25, 0.3) is 10.9 Å². The van der Waals surface area contributed by atoms with E-state index in [0.29, 0.717) is 29.9 Å². The molecule has 2 aromatic heterocycles. The smallest absolute Gasteiger partial charge is 0.261 e. The minimum atomic E-state index is -0.104. The molecule has 6 nitrogen and oxygen atoms in total. The Hall–Kier alpha value is -2.47. The summed E-state index contributed by atoms with van der Waals surface area (Å²) in [5.41, 5.74) is 0.676. The van der Waals surface area contributed by atoms with Crippen molar-refractivity contribution in [3.63, 3.8) is 0 Å². The Bertz CT molecular complexity index is 882. The molecule has 23 heavy (non-hydrogen) atoms. The van der Waals surface area contributed by atoms with Gasteiger partial charge in [-0.2, -0.15) is 0 Å². The Kier molecular flexibility index (Phi) is 4.25. The molecule has 1 atom stereocenters. The van der Waals surface area contributed by atoms with E-state index in [1.54, 1.807) is 23.9 Å². The average Bonchev–Trinajstić information content (AvgIpc) is 3.01. The molecule has 1 aromatic carbocycles. The van der Waals surface area contributed by atoms with E-state index in [1.807, 2.05) is 42.8 Å². The zero-order valence-corrected chi connectivity index (χ0v) is 13.6. The Labute approximate surface area is 134 Å². The monoisotopic (exact) mass is 312 g/mol. The largest absolute Gasteiger partial charge is 0.371 e. The molecular formula is C17H20N4O2. The molecule has 0 fully saturated rings. The van der Waals surface area contributed by atoms with Crippen molar-refractivity contribution in [3.8, 4) is 0 Å². The zero-order valence-electron chi connectivity index (χ0n) is 13.6. The van der Waals surface area contributed by atoms with Gasteiger partial charge in [0.2, 0.25) is 0 Å². The molecule has 0 amide bonds. The summed E-state index contributed by atoms with van der Waals surface area (Å²) in [5.74, 6) is 1.52. The molecule has 0 saturated heterocycles. The lowest BCUT2D eigenvalue weighted by Crippen LogP contribution is -2.24. The summed E-state index contributed by atoms with van der Waals surface area (Å²) < 4.78 is 9.18. The lowest BCUT2D eigenvalue weighted by molar-refractivity contribution is 0.0676. The summed E-state index contributed by atoms with van der Waals surface area (Å²) >= 11 is 0. The number of hydrogen-bond donors (Lipinski definition) is 0. The number of para-hydroxylation sites is 1. The van der Waals surface area contributed by atoms with Crippen LogP contribution in [0.4, 0.5) is 0 Å². The van der Waals surface area contributed by atoms with Gasteiger partial charge in [-0.3, -0.25) is 9.36 Å². The normalized spacial score (nSPS) is 12.7. The van der Waals surface area contributed by atoms with E-state index in [9.17, 15) is 4.79 Å². The lowest BCUT2D eigenvalue weighted by atomic mass is 10.2. The number of fused-ring (bicyclic) bond motifs is 1. The highest BCUT2D eigenvalue weighted by Crippen LogP contribution is 2.16. The first-order chi connectivity index (χ1) is 11.1. The van der Waals surface area contributed by atoms with Gasteiger partial charge in [-0.1, -0.05) is 12.1 Å². The van der Waals surface area contributed by atoms with Crippen molar-refractivity contribution < 1.29 is 4.74 Å². The van der Waals surface area contributed by atoms with E-state index in [-0.39, 0.29) is 11.7 Å². The molecule has 3 rings (SSSR count). The number of rotatable bonds is 5. The van der Waals surface area contributed by atoms with Crippen LogP contribution in [-0.2, 0) is 18.3 Å². The van der Waals surface area contributed by atoms with Crippen molar-refractivity contribution in [1.29, 1.82) is 0 Å². The molecular weight excluding hydrogens is 292 g/mol. The molecule has 0 aliphatic rings. The summed E-state index contributed by atoms with van der Waals surface area (Å²) in [6.07, 6.45) is 3.52. The first-order valence-corrected chi connectivity index (χ1v) is 7.69. The van der Waals surface area contributed by atoms with Crippen molar-refractivity contribution in [2.24, 2.45) is 7.05 Å². The van der Waals surface area contributed by atoms with Gasteiger partial charge in [0.25, 0.3) is 5.56 Å². The summed E-state index contributed by atoms with van der Waals surface area (Å²) in [6.45, 7) is 5.03. The maximum Gasteiger partial charge on any atom is 0.261 e. The Morgan fingerprint density at radius 1 is 1.30 bits per heavy atom. The van der Waals surface area contributed by atoms with E-state index < -0.39 is 0 Å². The van der Waals surface area contributed by atoms with Crippen molar-refractivity contribution in [1.82, 2.24) is 19.1 Å². The topological polar surface area (TPSA) is 61.9 Å². The van der Waals surface area contributed by atoms with Crippen LogP contribution in [0.5, 0.6) is 0 Å². The highest BCUT2D eigenvalue weighted by Gasteiger charge is 2.14. The summed E-state index contributed by atoms with van der Waals surface area (Å²) in [5, 5.41) is 0.632. The maximum atomic E-state index is 12.5. The van der Waals surface area contributed by atoms with Crippen molar-refractivity contribution in [2.45, 2.75) is 26.5 Å². The highest BCUT2D eigenvalue weighted by molar-refractivity contribution is 5.77. The molecule has 120 valence electrons. The van der Waals surface area contributed by atoms with Gasteiger partial charge in [0.05, 0.1) is 17.4 Å². The van der Waals surface area contributed by atoms with Crippen LogP contribution in [0.2, 0.25) is 0 Å². The van der Waals surface area contributed by atoms with Gasteiger partial charge in [-0.25, -0.2) is 9.97 Å². The van der Waals surface area contributed by atoms with Crippen LogP contribution >= 0.6 is 0 Å². The molecule has 0 aliphatic carbocycles. The Balaban J connectivity index is 2.01. The fourth-order valence-electron chi connectivity index (χ4n) is 2.70. The first kappa shape index (κ1) is 15.4. The molecule has 1 unspecified atom stereocenters. The number of hydrogen-bond acceptors (Lipinski definition) is 4. The van der Waals surface area contributed by atoms with Crippen LogP contribution in [0, 0.1) is 0 Å². The van der Waals surface area contributed by atoms with E-state index in [2.05, 4.69) is 9.97 Å². The van der Waals surface area contributed by atoms with Crippen molar-refractivity contribution in [3.05, 3.63) is 58.7 Å². The molecule has 0 saturated carbocycles. The van der Waals surface area contributed by atoms with Crippen LogP contribution in [0.1, 0.15) is 31.6 Å². The van der Waals surface area contributed by atoms with Crippen LogP contribution < -0.4 is 5.56 Å².